The molecule has 17 heavy (non-hydrogen) atoms. The van der Waals surface area contributed by atoms with Gasteiger partial charge in [-0.25, -0.2) is 4.39 Å². The minimum atomic E-state index is -0.283. The van der Waals surface area contributed by atoms with Crippen LogP contribution in [0.5, 0.6) is 5.75 Å². The van der Waals surface area contributed by atoms with Gasteiger partial charge < -0.3 is 4.74 Å². The molecule has 0 saturated heterocycles. The van der Waals surface area contributed by atoms with Crippen molar-refractivity contribution >= 4 is 6.08 Å². The monoisotopic (exact) mass is 228 g/mol. The third-order valence-corrected chi connectivity index (χ3v) is 2.25. The van der Waals surface area contributed by atoms with Crippen LogP contribution in [0, 0.1) is 5.82 Å². The van der Waals surface area contributed by atoms with Crippen LogP contribution >= 0.6 is 0 Å². The predicted molar refractivity (Wildman–Crippen MR) is 67.4 cm³/mol. The highest BCUT2D eigenvalue weighted by molar-refractivity contribution is 5.48. The van der Waals surface area contributed by atoms with Crippen LogP contribution in [0.4, 0.5) is 4.39 Å². The fraction of sp³-hybridized carbons (Fsp3) is 0.0667. The van der Waals surface area contributed by atoms with E-state index in [0.29, 0.717) is 12.4 Å². The van der Waals surface area contributed by atoms with E-state index < -0.39 is 0 Å². The second-order valence-electron chi connectivity index (χ2n) is 3.58. The summed E-state index contributed by atoms with van der Waals surface area (Å²) < 4.78 is 18.2. The largest absolute Gasteiger partial charge is 0.489 e. The molecule has 2 aromatic rings. The van der Waals surface area contributed by atoms with Crippen molar-refractivity contribution in [2.24, 2.45) is 0 Å². The summed E-state index contributed by atoms with van der Waals surface area (Å²) in [6.45, 7) is 0.429. The van der Waals surface area contributed by atoms with Gasteiger partial charge in [0.25, 0.3) is 0 Å². The molecule has 0 heterocycles. The molecule has 0 atom stereocenters. The number of ether oxygens (including phenoxy) is 1. The zero-order valence-electron chi connectivity index (χ0n) is 9.34. The predicted octanol–water partition coefficient (Wildman–Crippen LogP) is 3.92. The maximum Gasteiger partial charge on any atom is 0.126 e. The van der Waals surface area contributed by atoms with Crippen molar-refractivity contribution in [3.63, 3.8) is 0 Å². The molecule has 0 saturated carbocycles. The van der Waals surface area contributed by atoms with Crippen molar-refractivity contribution in [1.82, 2.24) is 0 Å². The maximum atomic E-state index is 12.8. The molecule has 0 fully saturated rings. The van der Waals surface area contributed by atoms with Gasteiger partial charge in [-0.05, 0) is 23.8 Å². The van der Waals surface area contributed by atoms with Crippen LogP contribution in [-0.4, -0.2) is 6.61 Å². The standard InChI is InChI=1S/C15H13FO/c16-14-9-4-10-15(12-14)17-11-5-8-13-6-2-1-3-7-13/h1-10,12H,11H2. The van der Waals surface area contributed by atoms with Crippen molar-refractivity contribution in [1.29, 1.82) is 0 Å². The lowest BCUT2D eigenvalue weighted by Crippen LogP contribution is -1.93. The molecule has 2 rings (SSSR count). The summed E-state index contributed by atoms with van der Waals surface area (Å²) in [7, 11) is 0. The van der Waals surface area contributed by atoms with Crippen LogP contribution < -0.4 is 4.74 Å². The molecule has 0 radical (unpaired) electrons. The van der Waals surface area contributed by atoms with E-state index in [1.807, 2.05) is 42.5 Å². The SMILES string of the molecule is Fc1cccc(OCC=Cc2ccccc2)c1. The van der Waals surface area contributed by atoms with Gasteiger partial charge in [-0.15, -0.1) is 0 Å². The summed E-state index contributed by atoms with van der Waals surface area (Å²) in [5.41, 5.74) is 1.12. The third kappa shape index (κ3) is 3.76. The van der Waals surface area contributed by atoms with Gasteiger partial charge in [0.05, 0.1) is 0 Å². The quantitative estimate of drug-likeness (QED) is 0.770. The van der Waals surface area contributed by atoms with Gasteiger partial charge in [-0.2, -0.15) is 0 Å². The molecule has 0 aliphatic rings. The first kappa shape index (κ1) is 11.4. The first-order chi connectivity index (χ1) is 8.34. The Hall–Kier alpha value is -2.09. The Labute approximate surface area is 100 Å². The van der Waals surface area contributed by atoms with Gasteiger partial charge in [0, 0.05) is 6.07 Å². The van der Waals surface area contributed by atoms with E-state index in [0.717, 1.165) is 5.56 Å². The second kappa shape index (κ2) is 5.85. The van der Waals surface area contributed by atoms with Crippen molar-refractivity contribution in [3.8, 4) is 5.75 Å². The molecular weight excluding hydrogens is 215 g/mol. The van der Waals surface area contributed by atoms with Crippen molar-refractivity contribution in [2.75, 3.05) is 6.61 Å². The highest BCUT2D eigenvalue weighted by Crippen LogP contribution is 2.11. The van der Waals surface area contributed by atoms with Crippen LogP contribution in [0.2, 0.25) is 0 Å². The van der Waals surface area contributed by atoms with Crippen LogP contribution in [0.3, 0.4) is 0 Å². The van der Waals surface area contributed by atoms with Crippen molar-refractivity contribution in [3.05, 3.63) is 72.1 Å². The molecule has 1 nitrogen and oxygen atoms in total. The minimum Gasteiger partial charge on any atom is -0.489 e. The van der Waals surface area contributed by atoms with Gasteiger partial charge in [0.15, 0.2) is 0 Å². The molecule has 0 aliphatic carbocycles. The zero-order valence-corrected chi connectivity index (χ0v) is 9.34. The van der Waals surface area contributed by atoms with E-state index in [-0.39, 0.29) is 5.82 Å². The summed E-state index contributed by atoms with van der Waals surface area (Å²) in [5.74, 6) is 0.261. The molecule has 0 aromatic heterocycles. The Balaban J connectivity index is 1.86. The van der Waals surface area contributed by atoms with Crippen LogP contribution in [0.1, 0.15) is 5.56 Å². The Morgan fingerprint density at radius 2 is 1.82 bits per heavy atom. The summed E-state index contributed by atoms with van der Waals surface area (Å²) in [5, 5.41) is 0. The number of benzene rings is 2. The van der Waals surface area contributed by atoms with E-state index in [9.17, 15) is 4.39 Å². The zero-order chi connectivity index (χ0) is 11.9. The fourth-order valence-electron chi connectivity index (χ4n) is 1.45. The first-order valence-corrected chi connectivity index (χ1v) is 5.44. The van der Waals surface area contributed by atoms with Gasteiger partial charge in [0.2, 0.25) is 0 Å². The van der Waals surface area contributed by atoms with E-state index in [2.05, 4.69) is 0 Å². The molecule has 0 unspecified atom stereocenters. The molecule has 2 aromatic carbocycles. The first-order valence-electron chi connectivity index (χ1n) is 5.44. The summed E-state index contributed by atoms with van der Waals surface area (Å²) in [4.78, 5) is 0. The molecule has 86 valence electrons. The lowest BCUT2D eigenvalue weighted by Gasteiger charge is -2.02. The third-order valence-electron chi connectivity index (χ3n) is 2.25. The smallest absolute Gasteiger partial charge is 0.126 e. The minimum absolute atomic E-state index is 0.283. The highest BCUT2D eigenvalue weighted by atomic mass is 19.1. The Bertz CT molecular complexity index is 491. The highest BCUT2D eigenvalue weighted by Gasteiger charge is 1.93. The van der Waals surface area contributed by atoms with E-state index in [4.69, 9.17) is 4.74 Å². The number of hydrogen-bond acceptors (Lipinski definition) is 1. The van der Waals surface area contributed by atoms with Gasteiger partial charge >= 0.3 is 0 Å². The van der Waals surface area contributed by atoms with Gasteiger partial charge in [-0.1, -0.05) is 42.5 Å². The average molecular weight is 228 g/mol. The molecule has 0 amide bonds. The van der Waals surface area contributed by atoms with E-state index in [1.54, 1.807) is 12.1 Å². The fourth-order valence-corrected chi connectivity index (χ4v) is 1.45. The molecular formula is C15H13FO. The number of rotatable bonds is 4. The van der Waals surface area contributed by atoms with Crippen LogP contribution in [0.15, 0.2) is 60.7 Å². The van der Waals surface area contributed by atoms with Crippen LogP contribution in [0.25, 0.3) is 6.08 Å². The normalized spacial score (nSPS) is 10.6. The molecule has 0 N–H and O–H groups in total. The summed E-state index contributed by atoms with van der Waals surface area (Å²) in [6.07, 6.45) is 3.87. The maximum absolute atomic E-state index is 12.8. The average Bonchev–Trinajstić information content (AvgIpc) is 2.36. The topological polar surface area (TPSA) is 9.23 Å². The number of halogens is 1. The van der Waals surface area contributed by atoms with Crippen molar-refractivity contribution < 1.29 is 9.13 Å². The molecule has 2 heteroatoms. The van der Waals surface area contributed by atoms with Gasteiger partial charge in [-0.3, -0.25) is 0 Å². The lowest BCUT2D eigenvalue weighted by molar-refractivity contribution is 0.361. The summed E-state index contributed by atoms with van der Waals surface area (Å²) in [6, 6.07) is 16.1. The lowest BCUT2D eigenvalue weighted by atomic mass is 10.2. The second-order valence-corrected chi connectivity index (χ2v) is 3.58. The van der Waals surface area contributed by atoms with Crippen molar-refractivity contribution in [2.45, 2.75) is 0 Å². The van der Waals surface area contributed by atoms with Gasteiger partial charge in [0.1, 0.15) is 18.2 Å². The Morgan fingerprint density at radius 1 is 1.00 bits per heavy atom. The number of hydrogen-bond donors (Lipinski definition) is 0. The molecule has 0 spiro atoms. The van der Waals surface area contributed by atoms with Crippen LogP contribution in [-0.2, 0) is 0 Å². The molecule has 0 aliphatic heterocycles. The Morgan fingerprint density at radius 3 is 2.59 bits per heavy atom. The summed E-state index contributed by atoms with van der Waals surface area (Å²) >= 11 is 0. The molecule has 0 bridgehead atoms. The van der Waals surface area contributed by atoms with E-state index in [1.165, 1.54) is 12.1 Å². The van der Waals surface area contributed by atoms with E-state index >= 15 is 0 Å². The Kier molecular flexibility index (Phi) is 3.92.